The first-order valence-corrected chi connectivity index (χ1v) is 5.71. The molecular formula is C13H15N5. The van der Waals surface area contributed by atoms with Crippen molar-refractivity contribution in [2.24, 2.45) is 7.05 Å². The Morgan fingerprint density at radius 3 is 2.83 bits per heavy atom. The van der Waals surface area contributed by atoms with E-state index in [-0.39, 0.29) is 0 Å². The van der Waals surface area contributed by atoms with E-state index in [0.29, 0.717) is 17.9 Å². The van der Waals surface area contributed by atoms with Crippen molar-refractivity contribution in [2.45, 2.75) is 20.4 Å². The lowest BCUT2D eigenvalue weighted by Crippen LogP contribution is -2.09. The van der Waals surface area contributed by atoms with Crippen LogP contribution in [0.5, 0.6) is 0 Å². The van der Waals surface area contributed by atoms with Crippen LogP contribution in [0.15, 0.2) is 18.3 Å². The van der Waals surface area contributed by atoms with E-state index in [9.17, 15) is 0 Å². The van der Waals surface area contributed by atoms with Gasteiger partial charge in [-0.15, -0.1) is 0 Å². The first-order chi connectivity index (χ1) is 8.61. The SMILES string of the molecule is Cc1cc(C)c(C#N)c(NCc2ccnn2C)n1. The number of nitrogens with zero attached hydrogens (tertiary/aromatic N) is 4. The highest BCUT2D eigenvalue weighted by atomic mass is 15.3. The second-order valence-electron chi connectivity index (χ2n) is 4.22. The highest BCUT2D eigenvalue weighted by Crippen LogP contribution is 2.18. The highest BCUT2D eigenvalue weighted by Gasteiger charge is 2.08. The van der Waals surface area contributed by atoms with E-state index < -0.39 is 0 Å². The van der Waals surface area contributed by atoms with Crippen LogP contribution < -0.4 is 5.32 Å². The van der Waals surface area contributed by atoms with Gasteiger partial charge in [-0.05, 0) is 31.5 Å². The van der Waals surface area contributed by atoms with Crippen LogP contribution in [0.3, 0.4) is 0 Å². The monoisotopic (exact) mass is 241 g/mol. The highest BCUT2D eigenvalue weighted by molar-refractivity contribution is 5.56. The fourth-order valence-corrected chi connectivity index (χ4v) is 1.85. The van der Waals surface area contributed by atoms with Crippen LogP contribution in [0.2, 0.25) is 0 Å². The molecule has 18 heavy (non-hydrogen) atoms. The van der Waals surface area contributed by atoms with E-state index >= 15 is 0 Å². The average Bonchev–Trinajstić information content (AvgIpc) is 2.71. The van der Waals surface area contributed by atoms with E-state index in [2.05, 4.69) is 21.5 Å². The molecule has 0 radical (unpaired) electrons. The molecule has 2 rings (SSSR count). The van der Waals surface area contributed by atoms with Gasteiger partial charge in [0.15, 0.2) is 0 Å². The second kappa shape index (κ2) is 4.88. The van der Waals surface area contributed by atoms with Crippen LogP contribution in [-0.2, 0) is 13.6 Å². The summed E-state index contributed by atoms with van der Waals surface area (Å²) in [5, 5.41) is 16.4. The molecule has 0 aliphatic heterocycles. The Morgan fingerprint density at radius 1 is 1.44 bits per heavy atom. The van der Waals surface area contributed by atoms with Crippen LogP contribution >= 0.6 is 0 Å². The fourth-order valence-electron chi connectivity index (χ4n) is 1.85. The minimum Gasteiger partial charge on any atom is -0.363 e. The van der Waals surface area contributed by atoms with Crippen molar-refractivity contribution in [1.82, 2.24) is 14.8 Å². The normalized spacial score (nSPS) is 10.1. The number of anilines is 1. The number of rotatable bonds is 3. The predicted octanol–water partition coefficient (Wildman–Crippen LogP) is 1.92. The minimum absolute atomic E-state index is 0.598. The summed E-state index contributed by atoms with van der Waals surface area (Å²) in [4.78, 5) is 4.37. The molecule has 5 nitrogen and oxygen atoms in total. The zero-order valence-electron chi connectivity index (χ0n) is 10.7. The maximum Gasteiger partial charge on any atom is 0.144 e. The van der Waals surface area contributed by atoms with Crippen LogP contribution in [-0.4, -0.2) is 14.8 Å². The topological polar surface area (TPSA) is 66.5 Å². The lowest BCUT2D eigenvalue weighted by atomic mass is 10.1. The third-order valence-corrected chi connectivity index (χ3v) is 2.82. The summed E-state index contributed by atoms with van der Waals surface area (Å²) >= 11 is 0. The van der Waals surface area contributed by atoms with Gasteiger partial charge in [0.05, 0.1) is 17.8 Å². The number of nitriles is 1. The predicted molar refractivity (Wildman–Crippen MR) is 69.0 cm³/mol. The molecule has 0 saturated carbocycles. The molecule has 92 valence electrons. The van der Waals surface area contributed by atoms with E-state index in [0.717, 1.165) is 17.0 Å². The van der Waals surface area contributed by atoms with Gasteiger partial charge in [-0.3, -0.25) is 4.68 Å². The van der Waals surface area contributed by atoms with Gasteiger partial charge in [0.25, 0.3) is 0 Å². The lowest BCUT2D eigenvalue weighted by Gasteiger charge is -2.10. The van der Waals surface area contributed by atoms with E-state index in [1.165, 1.54) is 0 Å². The quantitative estimate of drug-likeness (QED) is 0.891. The number of aryl methyl sites for hydroxylation is 3. The standard InChI is InChI=1S/C13H15N5/c1-9-6-10(2)17-13(12(9)7-14)15-8-11-4-5-16-18(11)3/h4-6H,8H2,1-3H3,(H,15,17). The van der Waals surface area contributed by atoms with Crippen molar-refractivity contribution in [3.8, 4) is 6.07 Å². The van der Waals surface area contributed by atoms with E-state index in [1.54, 1.807) is 10.9 Å². The van der Waals surface area contributed by atoms with E-state index in [1.807, 2.05) is 33.0 Å². The molecule has 2 aromatic heterocycles. The molecule has 0 amide bonds. The summed E-state index contributed by atoms with van der Waals surface area (Å²) in [5.41, 5.74) is 3.49. The third-order valence-electron chi connectivity index (χ3n) is 2.82. The zero-order valence-corrected chi connectivity index (χ0v) is 10.7. The van der Waals surface area contributed by atoms with Gasteiger partial charge < -0.3 is 5.32 Å². The number of nitrogens with one attached hydrogen (secondary N) is 1. The molecule has 0 aromatic carbocycles. The molecular weight excluding hydrogens is 226 g/mol. The Bertz CT molecular complexity index is 606. The summed E-state index contributed by atoms with van der Waals surface area (Å²) < 4.78 is 1.79. The summed E-state index contributed by atoms with van der Waals surface area (Å²) in [6.07, 6.45) is 1.75. The summed E-state index contributed by atoms with van der Waals surface area (Å²) in [7, 11) is 1.89. The Morgan fingerprint density at radius 2 is 2.22 bits per heavy atom. The number of pyridine rings is 1. The van der Waals surface area contributed by atoms with Crippen LogP contribution in [0.1, 0.15) is 22.5 Å². The molecule has 5 heteroatoms. The maximum absolute atomic E-state index is 9.15. The van der Waals surface area contributed by atoms with Crippen LogP contribution in [0, 0.1) is 25.2 Å². The molecule has 0 fully saturated rings. The number of hydrogen-bond donors (Lipinski definition) is 1. The fraction of sp³-hybridized carbons (Fsp3) is 0.308. The van der Waals surface area contributed by atoms with Crippen molar-refractivity contribution in [2.75, 3.05) is 5.32 Å². The van der Waals surface area contributed by atoms with Crippen LogP contribution in [0.4, 0.5) is 5.82 Å². The molecule has 1 N–H and O–H groups in total. The van der Waals surface area contributed by atoms with Crippen LogP contribution in [0.25, 0.3) is 0 Å². The molecule has 2 heterocycles. The Kier molecular flexibility index (Phi) is 3.28. The van der Waals surface area contributed by atoms with Crippen molar-refractivity contribution in [1.29, 1.82) is 5.26 Å². The van der Waals surface area contributed by atoms with Gasteiger partial charge in [0.2, 0.25) is 0 Å². The van der Waals surface area contributed by atoms with Gasteiger partial charge in [-0.25, -0.2) is 4.98 Å². The van der Waals surface area contributed by atoms with Gasteiger partial charge in [-0.2, -0.15) is 10.4 Å². The Balaban J connectivity index is 2.24. The molecule has 0 atom stereocenters. The number of hydrogen-bond acceptors (Lipinski definition) is 4. The van der Waals surface area contributed by atoms with E-state index in [4.69, 9.17) is 5.26 Å². The number of aromatic nitrogens is 3. The molecule has 2 aromatic rings. The lowest BCUT2D eigenvalue weighted by molar-refractivity contribution is 0.719. The minimum atomic E-state index is 0.598. The molecule has 0 spiro atoms. The van der Waals surface area contributed by atoms with Crippen molar-refractivity contribution in [3.05, 3.63) is 40.8 Å². The second-order valence-corrected chi connectivity index (χ2v) is 4.22. The molecule has 0 aliphatic rings. The summed E-state index contributed by atoms with van der Waals surface area (Å²) in [6, 6.07) is 6.03. The van der Waals surface area contributed by atoms with Gasteiger partial charge in [-0.1, -0.05) is 0 Å². The van der Waals surface area contributed by atoms with Crippen molar-refractivity contribution < 1.29 is 0 Å². The Labute approximate surface area is 106 Å². The van der Waals surface area contributed by atoms with Crippen molar-refractivity contribution in [3.63, 3.8) is 0 Å². The van der Waals surface area contributed by atoms with Gasteiger partial charge >= 0.3 is 0 Å². The van der Waals surface area contributed by atoms with Gasteiger partial charge in [0, 0.05) is 18.9 Å². The zero-order chi connectivity index (χ0) is 13.1. The summed E-state index contributed by atoms with van der Waals surface area (Å²) in [6.45, 7) is 4.44. The first kappa shape index (κ1) is 12.1. The first-order valence-electron chi connectivity index (χ1n) is 5.71. The molecule has 0 aliphatic carbocycles. The van der Waals surface area contributed by atoms with Crippen molar-refractivity contribution >= 4 is 5.82 Å². The largest absolute Gasteiger partial charge is 0.363 e. The summed E-state index contributed by atoms with van der Waals surface area (Å²) in [5.74, 6) is 0.635. The van der Waals surface area contributed by atoms with Gasteiger partial charge in [0.1, 0.15) is 11.9 Å². The third kappa shape index (κ3) is 2.33. The average molecular weight is 241 g/mol. The molecule has 0 bridgehead atoms. The Hall–Kier alpha value is -2.35. The maximum atomic E-state index is 9.15. The smallest absolute Gasteiger partial charge is 0.144 e. The molecule has 0 unspecified atom stereocenters. The molecule has 0 saturated heterocycles.